The summed E-state index contributed by atoms with van der Waals surface area (Å²) in [5.41, 5.74) is 3.63. The standard InChI is InChI=1S/C15H19ClN2O4/c1-4-21-15(20)8-11(3)17-18-14(19)9-22-12-5-6-13(16)10(2)7-12/h5-7H,4,8-9H2,1-3H3,(H,18,19)/b17-11+. The smallest absolute Gasteiger partial charge is 0.311 e. The van der Waals surface area contributed by atoms with Gasteiger partial charge in [-0.15, -0.1) is 0 Å². The van der Waals surface area contributed by atoms with E-state index in [9.17, 15) is 9.59 Å². The van der Waals surface area contributed by atoms with Gasteiger partial charge < -0.3 is 9.47 Å². The quantitative estimate of drug-likeness (QED) is 0.474. The second-order valence-electron chi connectivity index (χ2n) is 4.56. The van der Waals surface area contributed by atoms with Crippen LogP contribution in [0.3, 0.4) is 0 Å². The molecule has 120 valence electrons. The van der Waals surface area contributed by atoms with Crippen LogP contribution < -0.4 is 10.2 Å². The highest BCUT2D eigenvalue weighted by Gasteiger charge is 2.06. The molecule has 7 heteroatoms. The molecule has 1 aromatic rings. The van der Waals surface area contributed by atoms with Crippen LogP contribution in [0.15, 0.2) is 23.3 Å². The van der Waals surface area contributed by atoms with Crippen molar-refractivity contribution >= 4 is 29.2 Å². The van der Waals surface area contributed by atoms with E-state index in [0.717, 1.165) is 5.56 Å². The number of ether oxygens (including phenoxy) is 2. The number of nitrogens with zero attached hydrogens (tertiary/aromatic N) is 1. The molecule has 1 rings (SSSR count). The number of amides is 1. The fourth-order valence-corrected chi connectivity index (χ4v) is 1.62. The first-order chi connectivity index (χ1) is 10.4. The van der Waals surface area contributed by atoms with Crippen LogP contribution >= 0.6 is 11.6 Å². The van der Waals surface area contributed by atoms with E-state index in [1.54, 1.807) is 32.0 Å². The van der Waals surface area contributed by atoms with Crippen LogP contribution in [0.5, 0.6) is 5.75 Å². The molecule has 0 saturated heterocycles. The van der Waals surface area contributed by atoms with Crippen molar-refractivity contribution in [1.82, 2.24) is 5.43 Å². The largest absolute Gasteiger partial charge is 0.484 e. The van der Waals surface area contributed by atoms with E-state index in [2.05, 4.69) is 10.5 Å². The third-order valence-corrected chi connectivity index (χ3v) is 3.00. The highest BCUT2D eigenvalue weighted by molar-refractivity contribution is 6.31. The van der Waals surface area contributed by atoms with Gasteiger partial charge in [-0.1, -0.05) is 11.6 Å². The molecule has 0 aliphatic rings. The molecule has 0 heterocycles. The van der Waals surface area contributed by atoms with E-state index in [4.69, 9.17) is 21.1 Å². The normalized spacial score (nSPS) is 11.0. The van der Waals surface area contributed by atoms with Crippen molar-refractivity contribution in [1.29, 1.82) is 0 Å². The SMILES string of the molecule is CCOC(=O)C/C(C)=N/NC(=O)COc1ccc(Cl)c(C)c1. The van der Waals surface area contributed by atoms with E-state index in [1.165, 1.54) is 0 Å². The molecule has 22 heavy (non-hydrogen) atoms. The molecule has 1 aromatic carbocycles. The summed E-state index contributed by atoms with van der Waals surface area (Å²) in [5.74, 6) is -0.258. The number of nitrogens with one attached hydrogen (secondary N) is 1. The van der Waals surface area contributed by atoms with Gasteiger partial charge in [0.1, 0.15) is 5.75 Å². The second-order valence-corrected chi connectivity index (χ2v) is 4.97. The zero-order chi connectivity index (χ0) is 16.5. The monoisotopic (exact) mass is 326 g/mol. The molecule has 0 spiro atoms. The van der Waals surface area contributed by atoms with Crippen LogP contribution in [-0.4, -0.2) is 30.8 Å². The number of carbonyl (C=O) groups excluding carboxylic acids is 2. The third-order valence-electron chi connectivity index (χ3n) is 2.58. The minimum Gasteiger partial charge on any atom is -0.484 e. The zero-order valence-electron chi connectivity index (χ0n) is 12.8. The number of esters is 1. The Morgan fingerprint density at radius 3 is 2.73 bits per heavy atom. The average molecular weight is 327 g/mol. The van der Waals surface area contributed by atoms with Gasteiger partial charge in [0.05, 0.1) is 13.0 Å². The third kappa shape index (κ3) is 6.58. The van der Waals surface area contributed by atoms with E-state index in [-0.39, 0.29) is 19.0 Å². The molecule has 0 aromatic heterocycles. The Bertz CT molecular complexity index is 573. The molecule has 6 nitrogen and oxygen atoms in total. The molecular weight excluding hydrogens is 308 g/mol. The summed E-state index contributed by atoms with van der Waals surface area (Å²) in [5, 5.41) is 4.44. The van der Waals surface area contributed by atoms with Crippen LogP contribution in [0.1, 0.15) is 25.8 Å². The first-order valence-electron chi connectivity index (χ1n) is 6.79. The lowest BCUT2D eigenvalue weighted by atomic mass is 10.2. The van der Waals surface area contributed by atoms with Crippen molar-refractivity contribution in [2.45, 2.75) is 27.2 Å². The summed E-state index contributed by atoms with van der Waals surface area (Å²) in [6.45, 7) is 5.32. The summed E-state index contributed by atoms with van der Waals surface area (Å²) < 4.78 is 10.1. The van der Waals surface area contributed by atoms with Gasteiger partial charge in [-0.25, -0.2) is 5.43 Å². The summed E-state index contributed by atoms with van der Waals surface area (Å²) in [6, 6.07) is 5.12. The Morgan fingerprint density at radius 2 is 2.09 bits per heavy atom. The van der Waals surface area contributed by atoms with Crippen LogP contribution in [0, 0.1) is 6.92 Å². The Morgan fingerprint density at radius 1 is 1.36 bits per heavy atom. The molecular formula is C15H19ClN2O4. The summed E-state index contributed by atoms with van der Waals surface area (Å²) in [4.78, 5) is 22.8. The molecule has 0 radical (unpaired) electrons. The summed E-state index contributed by atoms with van der Waals surface area (Å²) >= 11 is 5.90. The van der Waals surface area contributed by atoms with Crippen LogP contribution in [0.4, 0.5) is 0 Å². The second kappa shape index (κ2) is 9.04. The van der Waals surface area contributed by atoms with Crippen LogP contribution in [0.25, 0.3) is 0 Å². The number of hydrazone groups is 1. The molecule has 0 aliphatic carbocycles. The van der Waals surface area contributed by atoms with Crippen molar-refractivity contribution in [3.8, 4) is 5.75 Å². The van der Waals surface area contributed by atoms with Crippen LogP contribution in [-0.2, 0) is 14.3 Å². The predicted molar refractivity (Wildman–Crippen MR) is 84.2 cm³/mol. The molecule has 0 atom stereocenters. The maximum atomic E-state index is 11.6. The maximum absolute atomic E-state index is 11.6. The minimum atomic E-state index is -0.421. The van der Waals surface area contributed by atoms with Crippen molar-refractivity contribution in [2.75, 3.05) is 13.2 Å². The number of aryl methyl sites for hydroxylation is 1. The topological polar surface area (TPSA) is 77.0 Å². The van der Waals surface area contributed by atoms with E-state index in [0.29, 0.717) is 23.1 Å². The number of hydrogen-bond donors (Lipinski definition) is 1. The number of halogens is 1. The Hall–Kier alpha value is -2.08. The Balaban J connectivity index is 2.39. The first-order valence-corrected chi connectivity index (χ1v) is 7.16. The zero-order valence-corrected chi connectivity index (χ0v) is 13.6. The fraction of sp³-hybridized carbons (Fsp3) is 0.400. The fourth-order valence-electron chi connectivity index (χ4n) is 1.51. The lowest BCUT2D eigenvalue weighted by molar-refractivity contribution is -0.141. The number of benzene rings is 1. The lowest BCUT2D eigenvalue weighted by Crippen LogP contribution is -2.26. The Kier molecular flexibility index (Phi) is 7.39. The molecule has 0 aliphatic heterocycles. The van der Waals surface area contributed by atoms with Gasteiger partial charge in [-0.3, -0.25) is 9.59 Å². The van der Waals surface area contributed by atoms with E-state index >= 15 is 0 Å². The van der Waals surface area contributed by atoms with Gasteiger partial charge in [0.15, 0.2) is 6.61 Å². The van der Waals surface area contributed by atoms with Crippen molar-refractivity contribution < 1.29 is 19.1 Å². The van der Waals surface area contributed by atoms with Gasteiger partial charge in [0.25, 0.3) is 5.91 Å². The van der Waals surface area contributed by atoms with Gasteiger partial charge in [0.2, 0.25) is 0 Å². The lowest BCUT2D eigenvalue weighted by Gasteiger charge is -2.07. The van der Waals surface area contributed by atoms with E-state index < -0.39 is 5.91 Å². The Labute approximate surface area is 134 Å². The average Bonchev–Trinajstić information content (AvgIpc) is 2.46. The van der Waals surface area contributed by atoms with Gasteiger partial charge >= 0.3 is 5.97 Å². The molecule has 0 saturated carbocycles. The van der Waals surface area contributed by atoms with Crippen molar-refractivity contribution in [2.24, 2.45) is 5.10 Å². The molecule has 0 fully saturated rings. The maximum Gasteiger partial charge on any atom is 0.311 e. The molecule has 1 amide bonds. The van der Waals surface area contributed by atoms with Gasteiger partial charge in [0, 0.05) is 10.7 Å². The highest BCUT2D eigenvalue weighted by atomic mass is 35.5. The minimum absolute atomic E-state index is 0.0331. The molecule has 1 N–H and O–H groups in total. The molecule has 0 bridgehead atoms. The van der Waals surface area contributed by atoms with E-state index in [1.807, 2.05) is 6.92 Å². The van der Waals surface area contributed by atoms with Crippen molar-refractivity contribution in [3.63, 3.8) is 0 Å². The summed E-state index contributed by atoms with van der Waals surface area (Å²) in [7, 11) is 0. The van der Waals surface area contributed by atoms with Crippen LogP contribution in [0.2, 0.25) is 5.02 Å². The predicted octanol–water partition coefficient (Wildman–Crippen LogP) is 2.47. The number of hydrogen-bond acceptors (Lipinski definition) is 5. The highest BCUT2D eigenvalue weighted by Crippen LogP contribution is 2.20. The first kappa shape index (κ1) is 18.0. The number of rotatable bonds is 7. The molecule has 0 unspecified atom stereocenters. The van der Waals surface area contributed by atoms with Gasteiger partial charge in [-0.2, -0.15) is 5.10 Å². The van der Waals surface area contributed by atoms with Gasteiger partial charge in [-0.05, 0) is 44.5 Å². The van der Waals surface area contributed by atoms with Crippen molar-refractivity contribution in [3.05, 3.63) is 28.8 Å². The summed E-state index contributed by atoms with van der Waals surface area (Å²) in [6.07, 6.45) is 0.0331. The number of carbonyl (C=O) groups is 2.